The van der Waals surface area contributed by atoms with Gasteiger partial charge in [0.25, 0.3) is 0 Å². The van der Waals surface area contributed by atoms with Crippen molar-refractivity contribution in [1.29, 1.82) is 0 Å². The predicted molar refractivity (Wildman–Crippen MR) is 129 cm³/mol. The molecule has 0 N–H and O–H groups in total. The van der Waals surface area contributed by atoms with Gasteiger partial charge in [-0.25, -0.2) is 8.78 Å². The van der Waals surface area contributed by atoms with E-state index in [4.69, 9.17) is 9.47 Å². The molecule has 0 bridgehead atoms. The van der Waals surface area contributed by atoms with Crippen LogP contribution < -0.4 is 9.47 Å². The van der Waals surface area contributed by atoms with Crippen LogP contribution in [-0.4, -0.2) is 12.7 Å². The lowest BCUT2D eigenvalue weighted by Gasteiger charge is -2.32. The summed E-state index contributed by atoms with van der Waals surface area (Å²) < 4.78 is 65.9. The van der Waals surface area contributed by atoms with Crippen LogP contribution in [-0.2, 0) is 0 Å². The highest BCUT2D eigenvalue weighted by molar-refractivity contribution is 5.30. The Balaban J connectivity index is 1.21. The maximum atomic E-state index is 14.6. The van der Waals surface area contributed by atoms with Crippen molar-refractivity contribution in [2.24, 2.45) is 17.8 Å². The molecule has 0 spiro atoms. The number of hydrogen-bond donors (Lipinski definition) is 0. The summed E-state index contributed by atoms with van der Waals surface area (Å²) in [5, 5.41) is 0. The molecule has 190 valence electrons. The fourth-order valence-corrected chi connectivity index (χ4v) is 5.39. The van der Waals surface area contributed by atoms with Crippen LogP contribution in [0.5, 0.6) is 11.5 Å². The van der Waals surface area contributed by atoms with Gasteiger partial charge in [0.2, 0.25) is 0 Å². The van der Waals surface area contributed by atoms with Gasteiger partial charge in [0.15, 0.2) is 11.6 Å². The van der Waals surface area contributed by atoms with Crippen LogP contribution in [0.3, 0.4) is 0 Å². The second-order valence-electron chi connectivity index (χ2n) is 9.85. The van der Waals surface area contributed by atoms with Gasteiger partial charge >= 0.3 is 6.11 Å². The third-order valence-electron chi connectivity index (χ3n) is 7.48. The van der Waals surface area contributed by atoms with Gasteiger partial charge in [0.1, 0.15) is 11.5 Å². The summed E-state index contributed by atoms with van der Waals surface area (Å²) in [6, 6.07) is 11.0. The Morgan fingerprint density at radius 1 is 0.771 bits per heavy atom. The normalized spacial score (nSPS) is 25.5. The molecule has 0 atom stereocenters. The highest BCUT2D eigenvalue weighted by Gasteiger charge is 2.43. The molecule has 0 aliphatic heterocycles. The van der Waals surface area contributed by atoms with Gasteiger partial charge in [0, 0.05) is 6.07 Å². The first-order chi connectivity index (χ1) is 16.8. The van der Waals surface area contributed by atoms with Gasteiger partial charge in [-0.1, -0.05) is 24.3 Å². The van der Waals surface area contributed by atoms with E-state index in [1.165, 1.54) is 5.56 Å². The van der Waals surface area contributed by atoms with Crippen LogP contribution in [0.2, 0.25) is 0 Å². The molecule has 0 aromatic heterocycles. The maximum Gasteiger partial charge on any atom is 0.400 e. The molecule has 0 radical (unpaired) electrons. The topological polar surface area (TPSA) is 18.5 Å². The second-order valence-corrected chi connectivity index (χ2v) is 9.85. The van der Waals surface area contributed by atoms with Crippen molar-refractivity contribution in [1.82, 2.24) is 0 Å². The van der Waals surface area contributed by atoms with Gasteiger partial charge in [-0.05, 0) is 106 Å². The Kier molecular flexibility index (Phi) is 8.40. The molecule has 0 amide bonds. The Labute approximate surface area is 205 Å². The summed E-state index contributed by atoms with van der Waals surface area (Å²) in [4.78, 5) is 0. The fourth-order valence-electron chi connectivity index (χ4n) is 5.39. The molecule has 2 saturated carbocycles. The van der Waals surface area contributed by atoms with Crippen LogP contribution in [0.15, 0.2) is 54.6 Å². The van der Waals surface area contributed by atoms with Crippen molar-refractivity contribution in [2.45, 2.75) is 70.3 Å². The molecule has 2 aliphatic rings. The van der Waals surface area contributed by atoms with E-state index < -0.39 is 23.7 Å². The first kappa shape index (κ1) is 25.6. The lowest BCUT2D eigenvalue weighted by molar-refractivity contribution is -0.223. The average molecular weight is 491 g/mol. The molecule has 2 aromatic carbocycles. The standard InChI is InChI=1S/C29H34F4O2/c1-2-34-25-15-11-23(12-16-25)22-9-5-20(6-10-22)3-4-21-7-13-24(14-8-21)29(32,33)35-26-17-18-27(30)28(31)19-26/h3-4,11-12,15-22,24H,2,5-10,13-14H2,1H3/b4-3+. The SMILES string of the molecule is CCOc1ccc(C2CCC(/C=C/C3CCC(C(F)(F)Oc4ccc(F)c(F)c4)CC3)CC2)cc1. The zero-order valence-corrected chi connectivity index (χ0v) is 20.2. The molecule has 2 aromatic rings. The van der Waals surface area contributed by atoms with Crippen LogP contribution in [0, 0.1) is 29.4 Å². The van der Waals surface area contributed by atoms with Crippen LogP contribution in [0.1, 0.15) is 69.8 Å². The molecule has 0 unspecified atom stereocenters. The number of ether oxygens (including phenoxy) is 2. The first-order valence-electron chi connectivity index (χ1n) is 12.8. The molecule has 0 saturated heterocycles. The number of halogens is 4. The summed E-state index contributed by atoms with van der Waals surface area (Å²) in [7, 11) is 0. The van der Waals surface area contributed by atoms with E-state index in [0.29, 0.717) is 56.1 Å². The lowest BCUT2D eigenvalue weighted by Crippen LogP contribution is -2.37. The van der Waals surface area contributed by atoms with Crippen molar-refractivity contribution in [2.75, 3.05) is 6.61 Å². The zero-order valence-electron chi connectivity index (χ0n) is 20.2. The molecule has 2 nitrogen and oxygen atoms in total. The fraction of sp³-hybridized carbons (Fsp3) is 0.517. The molecule has 4 rings (SSSR count). The van der Waals surface area contributed by atoms with Crippen LogP contribution in [0.25, 0.3) is 0 Å². The minimum atomic E-state index is -3.40. The summed E-state index contributed by atoms with van der Waals surface area (Å²) in [5.41, 5.74) is 1.38. The number of hydrogen-bond acceptors (Lipinski definition) is 2. The molecule has 2 fully saturated rings. The largest absolute Gasteiger partial charge is 0.494 e. The zero-order chi connectivity index (χ0) is 24.8. The molecular formula is C29H34F4O2. The van der Waals surface area contributed by atoms with Gasteiger partial charge in [-0.2, -0.15) is 8.78 Å². The minimum Gasteiger partial charge on any atom is -0.494 e. The number of benzene rings is 2. The summed E-state index contributed by atoms with van der Waals surface area (Å²) >= 11 is 0. The van der Waals surface area contributed by atoms with Crippen LogP contribution >= 0.6 is 0 Å². The van der Waals surface area contributed by atoms with E-state index in [9.17, 15) is 17.6 Å². The molecule has 2 aliphatic carbocycles. The summed E-state index contributed by atoms with van der Waals surface area (Å²) in [5.74, 6) is -1.21. The smallest absolute Gasteiger partial charge is 0.400 e. The molecule has 35 heavy (non-hydrogen) atoms. The number of allylic oxidation sites excluding steroid dienone is 2. The van der Waals surface area contributed by atoms with Crippen molar-refractivity contribution < 1.29 is 27.0 Å². The van der Waals surface area contributed by atoms with Crippen molar-refractivity contribution in [3.05, 3.63) is 71.8 Å². The molecule has 0 heterocycles. The first-order valence-corrected chi connectivity index (χ1v) is 12.8. The van der Waals surface area contributed by atoms with Crippen molar-refractivity contribution in [3.63, 3.8) is 0 Å². The van der Waals surface area contributed by atoms with Gasteiger partial charge < -0.3 is 9.47 Å². The Morgan fingerprint density at radius 3 is 1.91 bits per heavy atom. The highest BCUT2D eigenvalue weighted by Crippen LogP contribution is 2.41. The van der Waals surface area contributed by atoms with E-state index in [1.807, 2.05) is 19.1 Å². The Bertz CT molecular complexity index is 973. The van der Waals surface area contributed by atoms with E-state index in [1.54, 1.807) is 0 Å². The number of rotatable bonds is 8. The highest BCUT2D eigenvalue weighted by atomic mass is 19.3. The van der Waals surface area contributed by atoms with E-state index >= 15 is 0 Å². The quantitative estimate of drug-likeness (QED) is 0.272. The van der Waals surface area contributed by atoms with Crippen molar-refractivity contribution in [3.8, 4) is 11.5 Å². The van der Waals surface area contributed by atoms with E-state index in [2.05, 4.69) is 24.3 Å². The summed E-state index contributed by atoms with van der Waals surface area (Å²) in [6.07, 6.45) is 7.77. The molecular weight excluding hydrogens is 456 g/mol. The van der Waals surface area contributed by atoms with Gasteiger partial charge in [-0.15, -0.1) is 0 Å². The second kappa shape index (κ2) is 11.5. The van der Waals surface area contributed by atoms with Crippen molar-refractivity contribution >= 4 is 0 Å². The monoisotopic (exact) mass is 490 g/mol. The lowest BCUT2D eigenvalue weighted by atomic mass is 9.77. The van der Waals surface area contributed by atoms with E-state index in [0.717, 1.165) is 43.6 Å². The maximum absolute atomic E-state index is 14.6. The predicted octanol–water partition coefficient (Wildman–Crippen LogP) is 8.67. The van der Waals surface area contributed by atoms with Gasteiger partial charge in [0.05, 0.1) is 12.5 Å². The third-order valence-corrected chi connectivity index (χ3v) is 7.48. The third kappa shape index (κ3) is 6.80. The Morgan fingerprint density at radius 2 is 1.34 bits per heavy atom. The van der Waals surface area contributed by atoms with Gasteiger partial charge in [-0.3, -0.25) is 0 Å². The molecule has 6 heteroatoms. The van der Waals surface area contributed by atoms with E-state index in [-0.39, 0.29) is 5.75 Å². The average Bonchev–Trinajstić information content (AvgIpc) is 2.86. The number of alkyl halides is 2. The minimum absolute atomic E-state index is 0.300. The summed E-state index contributed by atoms with van der Waals surface area (Å²) in [6.45, 7) is 2.66. The Hall–Kier alpha value is -2.50. The van der Waals surface area contributed by atoms with Crippen LogP contribution in [0.4, 0.5) is 17.6 Å².